The van der Waals surface area contributed by atoms with Crippen LogP contribution < -0.4 is 0 Å². The predicted molar refractivity (Wildman–Crippen MR) is 60.2 cm³/mol. The van der Waals surface area contributed by atoms with Crippen molar-refractivity contribution in [2.75, 3.05) is 11.5 Å². The van der Waals surface area contributed by atoms with E-state index < -0.39 is 0 Å². The lowest BCUT2D eigenvalue weighted by Gasteiger charge is -2.33. The molecule has 1 fully saturated rings. The fourth-order valence-corrected chi connectivity index (χ4v) is 3.20. The fraction of sp³-hybridized carbons (Fsp3) is 1.00. The molecule has 2 atom stereocenters. The summed E-state index contributed by atoms with van der Waals surface area (Å²) >= 11 is 1.99. The second kappa shape index (κ2) is 5.26. The standard InChI is InChI=1S/C11H22OS/c1-3-5-10(2)11(12)6-4-8-13-9-7-11/h10,12H,3-9H2,1-2H3. The first-order chi connectivity index (χ1) is 6.19. The lowest BCUT2D eigenvalue weighted by Crippen LogP contribution is -2.36. The van der Waals surface area contributed by atoms with E-state index >= 15 is 0 Å². The molecule has 78 valence electrons. The average Bonchev–Trinajstić information content (AvgIpc) is 2.32. The zero-order valence-corrected chi connectivity index (χ0v) is 9.70. The molecule has 1 nitrogen and oxygen atoms in total. The summed E-state index contributed by atoms with van der Waals surface area (Å²) in [7, 11) is 0. The van der Waals surface area contributed by atoms with Crippen LogP contribution in [0.5, 0.6) is 0 Å². The molecule has 0 radical (unpaired) electrons. The molecule has 0 spiro atoms. The van der Waals surface area contributed by atoms with E-state index in [-0.39, 0.29) is 5.60 Å². The van der Waals surface area contributed by atoms with E-state index in [1.54, 1.807) is 0 Å². The van der Waals surface area contributed by atoms with Gasteiger partial charge in [-0.15, -0.1) is 0 Å². The summed E-state index contributed by atoms with van der Waals surface area (Å²) in [4.78, 5) is 0. The molecule has 13 heavy (non-hydrogen) atoms. The topological polar surface area (TPSA) is 20.2 Å². The van der Waals surface area contributed by atoms with Gasteiger partial charge in [-0.05, 0) is 43.1 Å². The minimum atomic E-state index is -0.348. The number of hydrogen-bond acceptors (Lipinski definition) is 2. The van der Waals surface area contributed by atoms with Crippen molar-refractivity contribution < 1.29 is 5.11 Å². The molecule has 0 aliphatic carbocycles. The van der Waals surface area contributed by atoms with Crippen molar-refractivity contribution >= 4 is 11.8 Å². The molecule has 1 aliphatic heterocycles. The van der Waals surface area contributed by atoms with Crippen molar-refractivity contribution in [3.8, 4) is 0 Å². The fourth-order valence-electron chi connectivity index (χ4n) is 2.15. The van der Waals surface area contributed by atoms with E-state index in [1.807, 2.05) is 11.8 Å². The molecular formula is C11H22OS. The smallest absolute Gasteiger partial charge is 0.0681 e. The highest BCUT2D eigenvalue weighted by Gasteiger charge is 2.33. The molecule has 0 saturated carbocycles. The van der Waals surface area contributed by atoms with Gasteiger partial charge < -0.3 is 5.11 Å². The monoisotopic (exact) mass is 202 g/mol. The maximum absolute atomic E-state index is 10.4. The van der Waals surface area contributed by atoms with Crippen molar-refractivity contribution in [3.63, 3.8) is 0 Å². The Morgan fingerprint density at radius 3 is 2.85 bits per heavy atom. The molecule has 0 aromatic heterocycles. The number of thioether (sulfide) groups is 1. The highest BCUT2D eigenvalue weighted by atomic mass is 32.2. The first-order valence-corrected chi connectivity index (χ1v) is 6.64. The zero-order valence-electron chi connectivity index (χ0n) is 8.88. The molecule has 0 aromatic rings. The van der Waals surface area contributed by atoms with Crippen molar-refractivity contribution in [3.05, 3.63) is 0 Å². The summed E-state index contributed by atoms with van der Waals surface area (Å²) in [5, 5.41) is 10.4. The van der Waals surface area contributed by atoms with Gasteiger partial charge in [0.2, 0.25) is 0 Å². The largest absolute Gasteiger partial charge is 0.390 e. The van der Waals surface area contributed by atoms with E-state index in [0.717, 1.165) is 18.6 Å². The summed E-state index contributed by atoms with van der Waals surface area (Å²) in [6, 6.07) is 0. The highest BCUT2D eigenvalue weighted by Crippen LogP contribution is 2.34. The van der Waals surface area contributed by atoms with Crippen molar-refractivity contribution in [1.29, 1.82) is 0 Å². The van der Waals surface area contributed by atoms with Gasteiger partial charge >= 0.3 is 0 Å². The van der Waals surface area contributed by atoms with Crippen LogP contribution in [0.25, 0.3) is 0 Å². The second-order valence-electron chi connectivity index (χ2n) is 4.26. The Morgan fingerprint density at radius 2 is 2.15 bits per heavy atom. The Bertz CT molecular complexity index is 139. The first kappa shape index (κ1) is 11.4. The lowest BCUT2D eigenvalue weighted by atomic mass is 9.80. The summed E-state index contributed by atoms with van der Waals surface area (Å²) in [6.45, 7) is 4.41. The van der Waals surface area contributed by atoms with Crippen LogP contribution in [0.2, 0.25) is 0 Å². The quantitative estimate of drug-likeness (QED) is 0.759. The van der Waals surface area contributed by atoms with E-state index in [2.05, 4.69) is 13.8 Å². The molecule has 1 saturated heterocycles. The Balaban J connectivity index is 2.49. The third-order valence-corrected chi connectivity index (χ3v) is 4.29. The van der Waals surface area contributed by atoms with Crippen LogP contribution in [-0.2, 0) is 0 Å². The third kappa shape index (κ3) is 3.17. The van der Waals surface area contributed by atoms with Crippen LogP contribution in [-0.4, -0.2) is 22.2 Å². The van der Waals surface area contributed by atoms with Gasteiger partial charge in [0.05, 0.1) is 5.60 Å². The molecular weight excluding hydrogens is 180 g/mol. The predicted octanol–water partition coefficient (Wildman–Crippen LogP) is 3.07. The number of hydrogen-bond donors (Lipinski definition) is 1. The van der Waals surface area contributed by atoms with Gasteiger partial charge in [0, 0.05) is 0 Å². The first-order valence-electron chi connectivity index (χ1n) is 5.49. The Kier molecular flexibility index (Phi) is 4.60. The molecule has 0 amide bonds. The lowest BCUT2D eigenvalue weighted by molar-refractivity contribution is -0.0245. The van der Waals surface area contributed by atoms with Crippen LogP contribution in [0.3, 0.4) is 0 Å². The molecule has 0 aromatic carbocycles. The minimum absolute atomic E-state index is 0.348. The minimum Gasteiger partial charge on any atom is -0.390 e. The highest BCUT2D eigenvalue weighted by molar-refractivity contribution is 7.99. The summed E-state index contributed by atoms with van der Waals surface area (Å²) in [5.74, 6) is 2.86. The maximum atomic E-state index is 10.4. The van der Waals surface area contributed by atoms with Gasteiger partial charge in [0.25, 0.3) is 0 Å². The number of rotatable bonds is 3. The van der Waals surface area contributed by atoms with Crippen molar-refractivity contribution in [2.45, 2.75) is 51.6 Å². The van der Waals surface area contributed by atoms with Crippen LogP contribution in [0.1, 0.15) is 46.0 Å². The SMILES string of the molecule is CCCC(C)C1(O)CCCSCC1. The maximum Gasteiger partial charge on any atom is 0.0681 e. The number of aliphatic hydroxyl groups is 1. The third-order valence-electron chi connectivity index (χ3n) is 3.22. The van der Waals surface area contributed by atoms with Crippen LogP contribution in [0.4, 0.5) is 0 Å². The van der Waals surface area contributed by atoms with Crippen LogP contribution in [0, 0.1) is 5.92 Å². The molecule has 1 aliphatic rings. The Morgan fingerprint density at radius 1 is 1.38 bits per heavy atom. The van der Waals surface area contributed by atoms with E-state index in [0.29, 0.717) is 5.92 Å². The average molecular weight is 202 g/mol. The van der Waals surface area contributed by atoms with Gasteiger partial charge in [0.1, 0.15) is 0 Å². The van der Waals surface area contributed by atoms with Crippen LogP contribution >= 0.6 is 11.8 Å². The van der Waals surface area contributed by atoms with Gasteiger partial charge in [-0.1, -0.05) is 20.3 Å². The van der Waals surface area contributed by atoms with Gasteiger partial charge in [-0.2, -0.15) is 11.8 Å². The van der Waals surface area contributed by atoms with Gasteiger partial charge in [-0.3, -0.25) is 0 Å². The van der Waals surface area contributed by atoms with E-state index in [1.165, 1.54) is 25.0 Å². The Labute approximate surface area is 86.3 Å². The molecule has 0 bridgehead atoms. The van der Waals surface area contributed by atoms with Gasteiger partial charge in [-0.25, -0.2) is 0 Å². The van der Waals surface area contributed by atoms with Gasteiger partial charge in [0.15, 0.2) is 0 Å². The summed E-state index contributed by atoms with van der Waals surface area (Å²) < 4.78 is 0. The zero-order chi connectivity index (χ0) is 9.73. The molecule has 1 heterocycles. The Hall–Kier alpha value is 0.310. The summed E-state index contributed by atoms with van der Waals surface area (Å²) in [6.07, 6.45) is 5.56. The van der Waals surface area contributed by atoms with Crippen molar-refractivity contribution in [2.24, 2.45) is 5.92 Å². The molecule has 1 rings (SSSR count). The second-order valence-corrected chi connectivity index (χ2v) is 5.48. The van der Waals surface area contributed by atoms with E-state index in [9.17, 15) is 5.11 Å². The normalized spacial score (nSPS) is 32.5. The van der Waals surface area contributed by atoms with Crippen molar-refractivity contribution in [1.82, 2.24) is 0 Å². The summed E-state index contributed by atoms with van der Waals surface area (Å²) in [5.41, 5.74) is -0.348. The molecule has 2 heteroatoms. The van der Waals surface area contributed by atoms with Crippen LogP contribution in [0.15, 0.2) is 0 Å². The molecule has 1 N–H and O–H groups in total. The van der Waals surface area contributed by atoms with E-state index in [4.69, 9.17) is 0 Å². The molecule has 2 unspecified atom stereocenters.